The Morgan fingerprint density at radius 1 is 1.25 bits per heavy atom. The molecule has 0 atom stereocenters. The first kappa shape index (κ1) is 9.02. The van der Waals surface area contributed by atoms with E-state index in [4.69, 9.17) is 0 Å². The topological polar surface area (TPSA) is 0 Å². The summed E-state index contributed by atoms with van der Waals surface area (Å²) in [6.07, 6.45) is 3.65. The van der Waals surface area contributed by atoms with E-state index in [0.29, 0.717) is 0 Å². The molecule has 0 heterocycles. The highest BCUT2D eigenvalue weighted by Gasteiger charge is 1.79. The van der Waals surface area contributed by atoms with E-state index >= 15 is 0 Å². The Balaban J connectivity index is 2.79. The standard InChI is InChI=1S/C6H8I2/c7-5-3-1-2-4-6-8/h1-3,5H2. The molecular weight excluding hydrogens is 326 g/mol. The van der Waals surface area contributed by atoms with Crippen LogP contribution in [0.1, 0.15) is 19.3 Å². The smallest absolute Gasteiger partial charge is 0.0181 e. The molecule has 46 valence electrons. The van der Waals surface area contributed by atoms with Crippen molar-refractivity contribution in [2.24, 2.45) is 0 Å². The van der Waals surface area contributed by atoms with Crippen molar-refractivity contribution in [1.29, 1.82) is 0 Å². The van der Waals surface area contributed by atoms with Crippen molar-refractivity contribution in [3.05, 3.63) is 0 Å². The molecule has 0 radical (unpaired) electrons. The normalized spacial score (nSPS) is 7.75. The van der Waals surface area contributed by atoms with E-state index < -0.39 is 0 Å². The van der Waals surface area contributed by atoms with Gasteiger partial charge in [-0.1, -0.05) is 28.5 Å². The Morgan fingerprint density at radius 2 is 2.00 bits per heavy atom. The van der Waals surface area contributed by atoms with Crippen LogP contribution in [-0.2, 0) is 0 Å². The van der Waals surface area contributed by atoms with Gasteiger partial charge in [0.05, 0.1) is 0 Å². The van der Waals surface area contributed by atoms with Gasteiger partial charge in [-0.25, -0.2) is 0 Å². The molecule has 0 unspecified atom stereocenters. The minimum atomic E-state index is 1.08. The highest BCUT2D eigenvalue weighted by Crippen LogP contribution is 1.97. The second-order valence-corrected chi connectivity index (χ2v) is 3.04. The van der Waals surface area contributed by atoms with Crippen molar-refractivity contribution in [3.63, 3.8) is 0 Å². The molecule has 0 aromatic heterocycles. The summed E-state index contributed by atoms with van der Waals surface area (Å²) in [6, 6.07) is 0. The van der Waals surface area contributed by atoms with Crippen LogP contribution < -0.4 is 0 Å². The fraction of sp³-hybridized carbons (Fsp3) is 0.667. The summed E-state index contributed by atoms with van der Waals surface area (Å²) in [5, 5.41) is 0. The van der Waals surface area contributed by atoms with Gasteiger partial charge in [0.1, 0.15) is 0 Å². The van der Waals surface area contributed by atoms with Gasteiger partial charge in [-0.05, 0) is 21.2 Å². The van der Waals surface area contributed by atoms with Crippen LogP contribution in [0, 0.1) is 9.85 Å². The minimum absolute atomic E-state index is 1.08. The molecule has 0 aliphatic rings. The number of halogens is 2. The lowest BCUT2D eigenvalue weighted by atomic mass is 10.3. The first-order valence-electron chi connectivity index (χ1n) is 2.56. The summed E-state index contributed by atoms with van der Waals surface area (Å²) in [5.41, 5.74) is 0. The maximum Gasteiger partial charge on any atom is 0.0181 e. The molecule has 0 fully saturated rings. The van der Waals surface area contributed by atoms with Crippen molar-refractivity contribution in [3.8, 4) is 9.85 Å². The zero-order valence-electron chi connectivity index (χ0n) is 4.58. The van der Waals surface area contributed by atoms with E-state index in [1.807, 2.05) is 0 Å². The Labute approximate surface area is 78.1 Å². The third-order valence-electron chi connectivity index (χ3n) is 0.752. The number of alkyl halides is 1. The number of rotatable bonds is 3. The van der Waals surface area contributed by atoms with E-state index in [1.54, 1.807) is 0 Å². The van der Waals surface area contributed by atoms with Crippen molar-refractivity contribution in [1.82, 2.24) is 0 Å². The van der Waals surface area contributed by atoms with E-state index in [-0.39, 0.29) is 0 Å². The van der Waals surface area contributed by atoms with Gasteiger partial charge in [0.15, 0.2) is 0 Å². The minimum Gasteiger partial charge on any atom is -0.0919 e. The Morgan fingerprint density at radius 3 is 2.50 bits per heavy atom. The fourth-order valence-electron chi connectivity index (χ4n) is 0.355. The average molecular weight is 334 g/mol. The molecular formula is C6H8I2. The van der Waals surface area contributed by atoms with Gasteiger partial charge in [0.2, 0.25) is 0 Å². The summed E-state index contributed by atoms with van der Waals surface area (Å²) in [6.45, 7) is 0. The molecule has 0 aliphatic heterocycles. The van der Waals surface area contributed by atoms with Crippen LogP contribution in [0.15, 0.2) is 0 Å². The zero-order valence-corrected chi connectivity index (χ0v) is 8.90. The van der Waals surface area contributed by atoms with Crippen molar-refractivity contribution >= 4 is 45.2 Å². The van der Waals surface area contributed by atoms with Crippen LogP contribution in [0.3, 0.4) is 0 Å². The molecule has 0 aliphatic carbocycles. The summed E-state index contributed by atoms with van der Waals surface area (Å²) < 4.78 is 4.11. The Kier molecular flexibility index (Phi) is 9.04. The monoisotopic (exact) mass is 334 g/mol. The van der Waals surface area contributed by atoms with Crippen LogP contribution in [0.5, 0.6) is 0 Å². The lowest BCUT2D eigenvalue weighted by molar-refractivity contribution is 0.846. The molecule has 0 saturated carbocycles. The molecule has 8 heavy (non-hydrogen) atoms. The van der Waals surface area contributed by atoms with Crippen LogP contribution in [0.2, 0.25) is 0 Å². The van der Waals surface area contributed by atoms with Gasteiger partial charge in [0.25, 0.3) is 0 Å². The molecule has 0 nitrogen and oxygen atoms in total. The number of hydrogen-bond acceptors (Lipinski definition) is 0. The molecule has 0 N–H and O–H groups in total. The van der Waals surface area contributed by atoms with E-state index in [9.17, 15) is 0 Å². The Hall–Kier alpha value is 1.02. The van der Waals surface area contributed by atoms with Crippen molar-refractivity contribution in [2.75, 3.05) is 4.43 Å². The summed E-state index contributed by atoms with van der Waals surface area (Å²) >= 11 is 4.47. The quantitative estimate of drug-likeness (QED) is 0.322. The van der Waals surface area contributed by atoms with Crippen LogP contribution >= 0.6 is 45.2 Å². The highest BCUT2D eigenvalue weighted by molar-refractivity contribution is 14.1. The molecule has 0 rings (SSSR count). The molecule has 0 spiro atoms. The predicted molar refractivity (Wildman–Crippen MR) is 54.5 cm³/mol. The van der Waals surface area contributed by atoms with Gasteiger partial charge in [-0.2, -0.15) is 0 Å². The first-order valence-corrected chi connectivity index (χ1v) is 5.16. The number of unbranched alkanes of at least 4 members (excludes halogenated alkanes) is 2. The van der Waals surface area contributed by atoms with E-state index in [2.05, 4.69) is 55.0 Å². The van der Waals surface area contributed by atoms with Gasteiger partial charge in [-0.3, -0.25) is 0 Å². The molecule has 0 saturated heterocycles. The van der Waals surface area contributed by atoms with Gasteiger partial charge < -0.3 is 0 Å². The van der Waals surface area contributed by atoms with Crippen molar-refractivity contribution in [2.45, 2.75) is 19.3 Å². The largest absolute Gasteiger partial charge is 0.0919 e. The predicted octanol–water partition coefficient (Wildman–Crippen LogP) is 2.99. The molecule has 0 aromatic carbocycles. The van der Waals surface area contributed by atoms with Gasteiger partial charge in [-0.15, -0.1) is 0 Å². The first-order chi connectivity index (χ1) is 3.91. The third kappa shape index (κ3) is 7.02. The zero-order chi connectivity index (χ0) is 6.24. The van der Waals surface area contributed by atoms with E-state index in [1.165, 1.54) is 17.3 Å². The van der Waals surface area contributed by atoms with Gasteiger partial charge in [0, 0.05) is 29.0 Å². The van der Waals surface area contributed by atoms with E-state index in [0.717, 1.165) is 6.42 Å². The second kappa shape index (κ2) is 8.02. The highest BCUT2D eigenvalue weighted by atomic mass is 127. The summed E-state index contributed by atoms with van der Waals surface area (Å²) in [4.78, 5) is 0. The Bertz CT molecular complexity index is 88.4. The average Bonchev–Trinajstić information content (AvgIpc) is 1.81. The number of hydrogen-bond donors (Lipinski definition) is 0. The van der Waals surface area contributed by atoms with Gasteiger partial charge >= 0.3 is 0 Å². The molecule has 2 heteroatoms. The summed E-state index contributed by atoms with van der Waals surface area (Å²) in [7, 11) is 0. The van der Waals surface area contributed by atoms with Crippen LogP contribution in [0.25, 0.3) is 0 Å². The van der Waals surface area contributed by atoms with Crippen LogP contribution in [-0.4, -0.2) is 4.43 Å². The van der Waals surface area contributed by atoms with Crippen molar-refractivity contribution < 1.29 is 0 Å². The molecule has 0 aromatic rings. The third-order valence-corrected chi connectivity index (χ3v) is 1.90. The lowest BCUT2D eigenvalue weighted by Gasteiger charge is -1.85. The maximum absolute atomic E-state index is 3.02. The fourth-order valence-corrected chi connectivity index (χ4v) is 1.16. The second-order valence-electron chi connectivity index (χ2n) is 1.42. The van der Waals surface area contributed by atoms with Crippen LogP contribution in [0.4, 0.5) is 0 Å². The maximum atomic E-state index is 3.02. The summed E-state index contributed by atoms with van der Waals surface area (Å²) in [5.74, 6) is 3.02. The lowest BCUT2D eigenvalue weighted by Crippen LogP contribution is -1.72. The SMILES string of the molecule is IC#CCCCCI. The molecule has 0 amide bonds. The molecule has 0 bridgehead atoms.